The molecule has 8 nitrogen and oxygen atoms in total. The lowest BCUT2D eigenvalue weighted by molar-refractivity contribution is -0.384. The van der Waals surface area contributed by atoms with Crippen LogP contribution in [-0.2, 0) is 13.6 Å². The van der Waals surface area contributed by atoms with Crippen molar-refractivity contribution in [1.82, 2.24) is 25.5 Å². The SMILES string of the molecule is Cn1nnnc1SCCCNCc1cccc([N+](=O)[O-])c1.[Cl-]. The molecule has 0 fully saturated rings. The van der Waals surface area contributed by atoms with E-state index < -0.39 is 0 Å². The van der Waals surface area contributed by atoms with Crippen LogP contribution in [0.2, 0.25) is 0 Å². The minimum atomic E-state index is -0.380. The minimum Gasteiger partial charge on any atom is -1.00 e. The van der Waals surface area contributed by atoms with E-state index in [0.717, 1.165) is 29.4 Å². The monoisotopic (exact) mass is 343 g/mol. The van der Waals surface area contributed by atoms with Gasteiger partial charge in [-0.05, 0) is 29.0 Å². The van der Waals surface area contributed by atoms with E-state index in [1.165, 1.54) is 6.07 Å². The lowest BCUT2D eigenvalue weighted by atomic mass is 10.2. The predicted molar refractivity (Wildman–Crippen MR) is 78.9 cm³/mol. The van der Waals surface area contributed by atoms with Crippen LogP contribution >= 0.6 is 11.8 Å². The largest absolute Gasteiger partial charge is 1.00 e. The first-order chi connectivity index (χ1) is 10.2. The second-order valence-corrected chi connectivity index (χ2v) is 5.45. The molecule has 22 heavy (non-hydrogen) atoms. The van der Waals surface area contributed by atoms with E-state index in [-0.39, 0.29) is 23.0 Å². The third-order valence-corrected chi connectivity index (χ3v) is 3.86. The molecule has 120 valence electrons. The first-order valence-electron chi connectivity index (χ1n) is 6.46. The van der Waals surface area contributed by atoms with Crippen molar-refractivity contribution in [2.45, 2.75) is 18.1 Å². The molecule has 10 heteroatoms. The number of hydrogen-bond donors (Lipinski definition) is 1. The summed E-state index contributed by atoms with van der Waals surface area (Å²) in [5.74, 6) is 0.913. The molecular formula is C12H16ClN6O2S-. The van der Waals surface area contributed by atoms with Gasteiger partial charge in [-0.1, -0.05) is 23.9 Å². The molecule has 1 aromatic heterocycles. The zero-order chi connectivity index (χ0) is 15.1. The summed E-state index contributed by atoms with van der Waals surface area (Å²) in [7, 11) is 1.81. The Morgan fingerprint density at radius 2 is 2.27 bits per heavy atom. The fourth-order valence-corrected chi connectivity index (χ4v) is 2.51. The Kier molecular flexibility index (Phi) is 7.78. The van der Waals surface area contributed by atoms with Gasteiger partial charge in [-0.3, -0.25) is 10.1 Å². The van der Waals surface area contributed by atoms with E-state index in [1.807, 2.05) is 13.1 Å². The Bertz CT molecular complexity index is 609. The van der Waals surface area contributed by atoms with Gasteiger partial charge in [0.05, 0.1) is 4.92 Å². The van der Waals surface area contributed by atoms with Gasteiger partial charge in [0.1, 0.15) is 0 Å². The van der Waals surface area contributed by atoms with Crippen LogP contribution < -0.4 is 17.7 Å². The maximum absolute atomic E-state index is 10.7. The van der Waals surface area contributed by atoms with Crippen LogP contribution in [-0.4, -0.2) is 37.4 Å². The molecule has 1 N–H and O–H groups in total. The van der Waals surface area contributed by atoms with E-state index in [0.29, 0.717) is 6.54 Å². The molecule has 0 unspecified atom stereocenters. The number of hydrogen-bond acceptors (Lipinski definition) is 7. The molecule has 0 aliphatic rings. The summed E-state index contributed by atoms with van der Waals surface area (Å²) in [5.41, 5.74) is 1.04. The summed E-state index contributed by atoms with van der Waals surface area (Å²) in [6.45, 7) is 1.46. The van der Waals surface area contributed by atoms with E-state index in [1.54, 1.807) is 28.6 Å². The average Bonchev–Trinajstić information content (AvgIpc) is 2.88. The number of rotatable bonds is 8. The molecule has 0 radical (unpaired) electrons. The number of aromatic nitrogens is 4. The van der Waals surface area contributed by atoms with Gasteiger partial charge in [0.2, 0.25) is 5.16 Å². The second kappa shape index (κ2) is 9.34. The van der Waals surface area contributed by atoms with Gasteiger partial charge in [-0.25, -0.2) is 4.68 Å². The lowest BCUT2D eigenvalue weighted by Gasteiger charge is -2.04. The van der Waals surface area contributed by atoms with E-state index in [9.17, 15) is 10.1 Å². The maximum Gasteiger partial charge on any atom is 0.269 e. The van der Waals surface area contributed by atoms with E-state index in [4.69, 9.17) is 0 Å². The minimum absolute atomic E-state index is 0. The van der Waals surface area contributed by atoms with E-state index in [2.05, 4.69) is 20.8 Å². The Morgan fingerprint density at radius 1 is 1.45 bits per heavy atom. The molecule has 0 spiro atoms. The number of nitro benzene ring substituents is 1. The maximum atomic E-state index is 10.7. The van der Waals surface area contributed by atoms with Gasteiger partial charge < -0.3 is 17.7 Å². The fraction of sp³-hybridized carbons (Fsp3) is 0.417. The number of thioether (sulfide) groups is 1. The first-order valence-corrected chi connectivity index (χ1v) is 7.44. The highest BCUT2D eigenvalue weighted by molar-refractivity contribution is 7.99. The topological polar surface area (TPSA) is 98.8 Å². The van der Waals surface area contributed by atoms with Crippen molar-refractivity contribution in [3.05, 3.63) is 39.9 Å². The predicted octanol–water partition coefficient (Wildman–Crippen LogP) is -1.61. The van der Waals surface area contributed by atoms with Crippen LogP contribution in [0.3, 0.4) is 0 Å². The standard InChI is InChI=1S/C12H16N6O2S.ClH/c1-17-12(14-15-16-17)21-7-3-6-13-9-10-4-2-5-11(8-10)18(19)20;/h2,4-5,8,13H,3,6-7,9H2,1H3;1H/p-1. The zero-order valence-electron chi connectivity index (χ0n) is 12.0. The summed E-state index contributed by atoms with van der Waals surface area (Å²) in [6.07, 6.45) is 0.965. The van der Waals surface area contributed by atoms with Crippen molar-refractivity contribution in [3.63, 3.8) is 0 Å². The summed E-state index contributed by atoms with van der Waals surface area (Å²) in [4.78, 5) is 10.3. The van der Waals surface area contributed by atoms with Crippen LogP contribution in [0.15, 0.2) is 29.4 Å². The highest BCUT2D eigenvalue weighted by Gasteiger charge is 2.05. The molecule has 0 saturated carbocycles. The third-order valence-electron chi connectivity index (χ3n) is 2.76. The average molecular weight is 344 g/mol. The number of tetrazole rings is 1. The highest BCUT2D eigenvalue weighted by Crippen LogP contribution is 2.14. The van der Waals surface area contributed by atoms with Crippen molar-refractivity contribution in [3.8, 4) is 0 Å². The molecule has 0 aliphatic heterocycles. The molecule has 0 saturated heterocycles. The molecule has 0 bridgehead atoms. The molecule has 0 atom stereocenters. The zero-order valence-corrected chi connectivity index (χ0v) is 13.5. The molecular weight excluding hydrogens is 328 g/mol. The lowest BCUT2D eigenvalue weighted by Crippen LogP contribution is -3.00. The highest BCUT2D eigenvalue weighted by atomic mass is 35.5. The summed E-state index contributed by atoms with van der Waals surface area (Å²) >= 11 is 1.60. The molecule has 1 aromatic carbocycles. The van der Waals surface area contributed by atoms with Crippen molar-refractivity contribution in [1.29, 1.82) is 0 Å². The number of non-ortho nitro benzene ring substituents is 1. The Hall–Kier alpha value is -1.71. The van der Waals surface area contributed by atoms with Crippen LogP contribution in [0, 0.1) is 10.1 Å². The van der Waals surface area contributed by atoms with Crippen LogP contribution in [0.25, 0.3) is 0 Å². The second-order valence-electron chi connectivity index (χ2n) is 4.39. The van der Waals surface area contributed by atoms with Crippen LogP contribution in [0.5, 0.6) is 0 Å². The third kappa shape index (κ3) is 5.58. The summed E-state index contributed by atoms with van der Waals surface area (Å²) in [5, 5.41) is 26.0. The van der Waals surface area contributed by atoms with Crippen molar-refractivity contribution >= 4 is 17.4 Å². The quantitative estimate of drug-likeness (QED) is 0.266. The Balaban J connectivity index is 0.00000242. The van der Waals surface area contributed by atoms with Crippen LogP contribution in [0.4, 0.5) is 5.69 Å². The molecule has 0 amide bonds. The van der Waals surface area contributed by atoms with Gasteiger partial charge in [0.25, 0.3) is 5.69 Å². The number of nitrogens with zero attached hydrogens (tertiary/aromatic N) is 5. The normalized spacial score (nSPS) is 10.2. The fourth-order valence-electron chi connectivity index (χ4n) is 1.72. The van der Waals surface area contributed by atoms with Gasteiger partial charge in [-0.15, -0.1) is 5.10 Å². The first kappa shape index (κ1) is 18.3. The Labute approximate surface area is 138 Å². The molecule has 2 rings (SSSR count). The number of nitro groups is 1. The van der Waals surface area contributed by atoms with Crippen molar-refractivity contribution in [2.24, 2.45) is 7.05 Å². The number of nitrogens with one attached hydrogen (secondary N) is 1. The molecule has 2 aromatic rings. The summed E-state index contributed by atoms with van der Waals surface area (Å²) < 4.78 is 1.64. The van der Waals surface area contributed by atoms with Crippen LogP contribution in [0.1, 0.15) is 12.0 Å². The van der Waals surface area contributed by atoms with Gasteiger partial charge in [-0.2, -0.15) is 0 Å². The number of aryl methyl sites for hydroxylation is 1. The molecule has 0 aliphatic carbocycles. The summed E-state index contributed by atoms with van der Waals surface area (Å²) in [6, 6.07) is 6.66. The van der Waals surface area contributed by atoms with Gasteiger partial charge >= 0.3 is 0 Å². The van der Waals surface area contributed by atoms with Crippen molar-refractivity contribution in [2.75, 3.05) is 12.3 Å². The molecule has 1 heterocycles. The Morgan fingerprint density at radius 3 is 2.95 bits per heavy atom. The van der Waals surface area contributed by atoms with Gasteiger partial charge in [0, 0.05) is 31.5 Å². The number of benzene rings is 1. The smallest absolute Gasteiger partial charge is 0.269 e. The number of halogens is 1. The van der Waals surface area contributed by atoms with Crippen molar-refractivity contribution < 1.29 is 17.3 Å². The van der Waals surface area contributed by atoms with E-state index >= 15 is 0 Å². The van der Waals surface area contributed by atoms with Gasteiger partial charge in [0.15, 0.2) is 0 Å².